The second kappa shape index (κ2) is 6.72. The second-order valence-electron chi connectivity index (χ2n) is 6.57. The van der Waals surface area contributed by atoms with Crippen LogP contribution >= 0.6 is 0 Å². The van der Waals surface area contributed by atoms with Crippen molar-refractivity contribution in [3.05, 3.63) is 42.5 Å². The maximum Gasteiger partial charge on any atom is 0.251 e. The summed E-state index contributed by atoms with van der Waals surface area (Å²) >= 11 is 0. The molecule has 0 saturated carbocycles. The summed E-state index contributed by atoms with van der Waals surface area (Å²) in [5.74, 6) is 1.54. The lowest BCUT2D eigenvalue weighted by atomic mass is 10.2. The number of fused-ring (bicyclic) bond motifs is 1. The number of nitrogens with zero attached hydrogens (tertiary/aromatic N) is 7. The summed E-state index contributed by atoms with van der Waals surface area (Å²) in [5.41, 5.74) is 7.71. The van der Waals surface area contributed by atoms with Gasteiger partial charge in [0.2, 0.25) is 0 Å². The van der Waals surface area contributed by atoms with E-state index in [1.807, 2.05) is 19.9 Å². The molecule has 4 rings (SSSR count). The van der Waals surface area contributed by atoms with Gasteiger partial charge in [-0.2, -0.15) is 14.9 Å². The van der Waals surface area contributed by atoms with Crippen molar-refractivity contribution in [3.63, 3.8) is 0 Å². The van der Waals surface area contributed by atoms with Gasteiger partial charge in [-0.15, -0.1) is 0 Å². The Hall–Kier alpha value is -3.82. The van der Waals surface area contributed by atoms with E-state index in [1.165, 1.54) is 4.68 Å². The Morgan fingerprint density at radius 2 is 1.96 bits per heavy atom. The molecule has 0 aliphatic rings. The first-order chi connectivity index (χ1) is 13.4. The lowest BCUT2D eigenvalue weighted by Crippen LogP contribution is -2.20. The summed E-state index contributed by atoms with van der Waals surface area (Å²) in [6.45, 7) is 5.40. The van der Waals surface area contributed by atoms with Crippen LogP contribution in [0.5, 0.6) is 0 Å². The van der Waals surface area contributed by atoms with Gasteiger partial charge in [-0.3, -0.25) is 4.79 Å². The summed E-state index contributed by atoms with van der Waals surface area (Å²) in [5, 5.41) is 11.7. The third-order valence-electron chi connectivity index (χ3n) is 4.09. The van der Waals surface area contributed by atoms with Crippen LogP contribution in [0.25, 0.3) is 17.0 Å². The van der Waals surface area contributed by atoms with Crippen molar-refractivity contribution in [1.29, 1.82) is 0 Å². The molecule has 0 amide bonds. The topological polar surface area (TPSA) is 129 Å². The van der Waals surface area contributed by atoms with E-state index in [1.54, 1.807) is 42.0 Å². The molecule has 0 spiro atoms. The maximum absolute atomic E-state index is 12.4. The van der Waals surface area contributed by atoms with Gasteiger partial charge in [0.25, 0.3) is 5.91 Å². The minimum Gasteiger partial charge on any atom is -0.384 e. The van der Waals surface area contributed by atoms with Crippen LogP contribution in [0.3, 0.4) is 0 Å². The number of carbonyl (C=O) groups excluding carboxylic acids is 1. The summed E-state index contributed by atoms with van der Waals surface area (Å²) < 4.78 is 2.99. The van der Waals surface area contributed by atoms with Gasteiger partial charge in [0.1, 0.15) is 23.2 Å². The van der Waals surface area contributed by atoms with E-state index in [2.05, 4.69) is 30.5 Å². The number of rotatable bonds is 4. The highest BCUT2D eigenvalue weighted by Gasteiger charge is 2.21. The number of hydrogen-bond donors (Lipinski definition) is 2. The lowest BCUT2D eigenvalue weighted by molar-refractivity contribution is 0.0841. The zero-order valence-corrected chi connectivity index (χ0v) is 15.7. The Kier molecular flexibility index (Phi) is 4.22. The molecule has 0 fully saturated rings. The van der Waals surface area contributed by atoms with Crippen molar-refractivity contribution in [3.8, 4) is 11.4 Å². The minimum atomic E-state index is -0.202. The van der Waals surface area contributed by atoms with E-state index in [0.717, 1.165) is 0 Å². The molecule has 0 saturated heterocycles. The molecule has 0 aliphatic carbocycles. The Bertz CT molecular complexity index is 1150. The molecule has 0 aliphatic heterocycles. The highest BCUT2D eigenvalue weighted by atomic mass is 16.2. The average Bonchev–Trinajstić information content (AvgIpc) is 3.24. The fourth-order valence-corrected chi connectivity index (χ4v) is 2.86. The van der Waals surface area contributed by atoms with Gasteiger partial charge in [-0.1, -0.05) is 13.8 Å². The summed E-state index contributed by atoms with van der Waals surface area (Å²) in [6.07, 6.45) is 3.22. The highest BCUT2D eigenvalue weighted by Crippen LogP contribution is 2.30. The Balaban J connectivity index is 1.87. The zero-order valence-electron chi connectivity index (χ0n) is 15.7. The summed E-state index contributed by atoms with van der Waals surface area (Å²) in [6, 6.07) is 6.99. The van der Waals surface area contributed by atoms with Crippen molar-refractivity contribution in [2.75, 3.05) is 11.1 Å². The fraction of sp³-hybridized carbons (Fsp3) is 0.222. The minimum absolute atomic E-state index is 0.127. The number of carbonyl (C=O) groups is 1. The van der Waals surface area contributed by atoms with E-state index in [4.69, 9.17) is 5.73 Å². The molecular formula is C18H19N9O. The number of aromatic nitrogens is 7. The number of nitrogens with two attached hydrogens (primary N) is 1. The van der Waals surface area contributed by atoms with E-state index < -0.39 is 0 Å². The number of nitrogens with one attached hydrogen (secondary N) is 1. The van der Waals surface area contributed by atoms with Crippen LogP contribution in [0.2, 0.25) is 0 Å². The first-order valence-electron chi connectivity index (χ1n) is 8.74. The number of anilines is 3. The molecular weight excluding hydrogens is 358 g/mol. The van der Waals surface area contributed by atoms with Crippen LogP contribution in [0.1, 0.15) is 24.5 Å². The summed E-state index contributed by atoms with van der Waals surface area (Å²) in [7, 11) is 0. The van der Waals surface area contributed by atoms with Gasteiger partial charge in [0.05, 0.1) is 11.9 Å². The number of aryl methyl sites for hydroxylation is 1. The number of nitrogen functional groups attached to an aromatic ring is 1. The van der Waals surface area contributed by atoms with Crippen LogP contribution in [0, 0.1) is 12.8 Å². The summed E-state index contributed by atoms with van der Waals surface area (Å²) in [4.78, 5) is 25.6. The van der Waals surface area contributed by atoms with E-state index in [9.17, 15) is 4.79 Å². The van der Waals surface area contributed by atoms with Gasteiger partial charge >= 0.3 is 0 Å². The van der Waals surface area contributed by atoms with Crippen LogP contribution in [-0.4, -0.2) is 40.3 Å². The molecule has 4 aromatic heterocycles. The Morgan fingerprint density at radius 3 is 2.71 bits per heavy atom. The standard InChI is InChI=1S/C18H19N9O/c1-10(2)18(28)27-15(6-8-21-27)25-17-16(12-9-13(19)23-11(3)22-12)26-14(24-17)5-4-7-20-26/h4-10,25H,1-3H3,(H2,19,22,23). The molecule has 10 heteroatoms. The third kappa shape index (κ3) is 3.04. The quantitative estimate of drug-likeness (QED) is 0.554. The molecule has 28 heavy (non-hydrogen) atoms. The largest absolute Gasteiger partial charge is 0.384 e. The lowest BCUT2D eigenvalue weighted by Gasteiger charge is -2.10. The molecule has 0 radical (unpaired) electrons. The first-order valence-corrected chi connectivity index (χ1v) is 8.74. The average molecular weight is 377 g/mol. The SMILES string of the molecule is Cc1nc(N)cc(-c2c(Nc3ccnn3C(=O)C(C)C)nc3cccnn23)n1. The van der Waals surface area contributed by atoms with E-state index >= 15 is 0 Å². The molecule has 0 atom stereocenters. The fourth-order valence-electron chi connectivity index (χ4n) is 2.86. The third-order valence-corrected chi connectivity index (χ3v) is 4.09. The predicted octanol–water partition coefficient (Wildman–Crippen LogP) is 2.31. The molecule has 0 unspecified atom stereocenters. The molecule has 10 nitrogen and oxygen atoms in total. The zero-order chi connectivity index (χ0) is 19.8. The van der Waals surface area contributed by atoms with Gasteiger partial charge < -0.3 is 11.1 Å². The predicted molar refractivity (Wildman–Crippen MR) is 104 cm³/mol. The normalized spacial score (nSPS) is 11.3. The van der Waals surface area contributed by atoms with Crippen LogP contribution < -0.4 is 11.1 Å². The smallest absolute Gasteiger partial charge is 0.251 e. The van der Waals surface area contributed by atoms with Crippen molar-refractivity contribution in [1.82, 2.24) is 34.3 Å². The van der Waals surface area contributed by atoms with E-state index in [-0.39, 0.29) is 11.8 Å². The molecule has 0 bridgehead atoms. The van der Waals surface area contributed by atoms with Crippen molar-refractivity contribution in [2.45, 2.75) is 20.8 Å². The van der Waals surface area contributed by atoms with Gasteiger partial charge in [-0.05, 0) is 19.1 Å². The monoisotopic (exact) mass is 377 g/mol. The van der Waals surface area contributed by atoms with Crippen molar-refractivity contribution in [2.24, 2.45) is 5.92 Å². The van der Waals surface area contributed by atoms with Crippen molar-refractivity contribution < 1.29 is 4.79 Å². The van der Waals surface area contributed by atoms with Gasteiger partial charge in [0.15, 0.2) is 11.5 Å². The first kappa shape index (κ1) is 17.6. The van der Waals surface area contributed by atoms with Crippen LogP contribution in [0.4, 0.5) is 17.5 Å². The Labute approximate surface area is 160 Å². The van der Waals surface area contributed by atoms with Gasteiger partial charge in [-0.25, -0.2) is 19.5 Å². The molecule has 4 aromatic rings. The van der Waals surface area contributed by atoms with Gasteiger partial charge in [0, 0.05) is 24.2 Å². The molecule has 0 aromatic carbocycles. The van der Waals surface area contributed by atoms with Crippen LogP contribution in [-0.2, 0) is 0 Å². The second-order valence-corrected chi connectivity index (χ2v) is 6.57. The Morgan fingerprint density at radius 1 is 1.14 bits per heavy atom. The molecule has 142 valence electrons. The number of imidazole rings is 1. The van der Waals surface area contributed by atoms with Crippen LogP contribution in [0.15, 0.2) is 36.7 Å². The molecule has 3 N–H and O–H groups in total. The maximum atomic E-state index is 12.4. The van der Waals surface area contributed by atoms with E-state index in [0.29, 0.717) is 40.3 Å². The molecule has 4 heterocycles. The highest BCUT2D eigenvalue weighted by molar-refractivity contribution is 5.85. The van der Waals surface area contributed by atoms with Crippen molar-refractivity contribution >= 4 is 29.0 Å². The number of hydrogen-bond acceptors (Lipinski definition) is 8.